The Hall–Kier alpha value is -2.50. The highest BCUT2D eigenvalue weighted by Gasteiger charge is 2.12. The summed E-state index contributed by atoms with van der Waals surface area (Å²) in [6, 6.07) is 4.21. The van der Waals surface area contributed by atoms with Gasteiger partial charge in [0.15, 0.2) is 0 Å². The molecule has 2 N–H and O–H groups in total. The van der Waals surface area contributed by atoms with Crippen molar-refractivity contribution < 1.29 is 14.3 Å². The van der Waals surface area contributed by atoms with Crippen LogP contribution in [0, 0.1) is 12.7 Å². The summed E-state index contributed by atoms with van der Waals surface area (Å²) in [5, 5.41) is 11.8. The summed E-state index contributed by atoms with van der Waals surface area (Å²) in [6.45, 7) is 1.78. The average molecular weight is 247 g/mol. The first-order valence-electron chi connectivity index (χ1n) is 5.14. The van der Waals surface area contributed by atoms with Crippen molar-refractivity contribution in [3.05, 3.63) is 47.7 Å². The van der Waals surface area contributed by atoms with Crippen molar-refractivity contribution in [3.63, 3.8) is 0 Å². The number of nitrogens with zero attached hydrogens (tertiary/aromatic N) is 2. The van der Waals surface area contributed by atoms with E-state index in [1.54, 1.807) is 13.0 Å². The quantitative estimate of drug-likeness (QED) is 0.870. The molecule has 2 aromatic rings. The number of aromatic nitrogens is 2. The highest BCUT2D eigenvalue weighted by Crippen LogP contribution is 2.22. The molecule has 18 heavy (non-hydrogen) atoms. The van der Waals surface area contributed by atoms with Crippen molar-refractivity contribution >= 4 is 17.5 Å². The fourth-order valence-electron chi connectivity index (χ4n) is 1.44. The number of carboxylic acids is 1. The zero-order chi connectivity index (χ0) is 13.1. The molecule has 0 aliphatic heterocycles. The number of halogens is 1. The minimum Gasteiger partial charge on any atom is -0.477 e. The Bertz CT molecular complexity index is 602. The van der Waals surface area contributed by atoms with Gasteiger partial charge in [-0.05, 0) is 24.6 Å². The summed E-state index contributed by atoms with van der Waals surface area (Å²) in [7, 11) is 0. The average Bonchev–Trinajstić information content (AvgIpc) is 2.34. The first kappa shape index (κ1) is 12.0. The van der Waals surface area contributed by atoms with Crippen molar-refractivity contribution in [3.8, 4) is 0 Å². The van der Waals surface area contributed by atoms with Crippen molar-refractivity contribution in [2.24, 2.45) is 0 Å². The minimum atomic E-state index is -1.15. The van der Waals surface area contributed by atoms with Crippen molar-refractivity contribution in [2.45, 2.75) is 6.92 Å². The molecule has 1 heterocycles. The standard InChI is InChI=1S/C12H10FN3O2/c1-7-2-3-8(13)4-10(7)16-11-9(12(17)18)5-14-6-15-11/h2-6H,1H3,(H,17,18)(H,14,15,16). The number of anilines is 2. The molecule has 0 saturated carbocycles. The highest BCUT2D eigenvalue weighted by atomic mass is 19.1. The van der Waals surface area contributed by atoms with Crippen LogP contribution >= 0.6 is 0 Å². The fraction of sp³-hybridized carbons (Fsp3) is 0.0833. The number of rotatable bonds is 3. The highest BCUT2D eigenvalue weighted by molar-refractivity contribution is 5.93. The summed E-state index contributed by atoms with van der Waals surface area (Å²) in [5.74, 6) is -1.42. The molecule has 0 atom stereocenters. The molecule has 0 amide bonds. The Morgan fingerprint density at radius 2 is 2.22 bits per heavy atom. The molecule has 0 aliphatic rings. The second kappa shape index (κ2) is 4.79. The third-order valence-electron chi connectivity index (χ3n) is 2.40. The van der Waals surface area contributed by atoms with Crippen LogP contribution in [0.2, 0.25) is 0 Å². The third-order valence-corrected chi connectivity index (χ3v) is 2.40. The Labute approximate surface area is 102 Å². The Kier molecular flexibility index (Phi) is 3.18. The molecule has 0 saturated heterocycles. The van der Waals surface area contributed by atoms with Gasteiger partial charge in [0.05, 0.1) is 0 Å². The van der Waals surface area contributed by atoms with Gasteiger partial charge in [-0.25, -0.2) is 19.2 Å². The normalized spacial score (nSPS) is 10.1. The summed E-state index contributed by atoms with van der Waals surface area (Å²) in [5.41, 5.74) is 1.18. The molecule has 92 valence electrons. The molecule has 0 spiro atoms. The molecular weight excluding hydrogens is 237 g/mol. The predicted molar refractivity (Wildman–Crippen MR) is 63.4 cm³/mol. The molecular formula is C12H10FN3O2. The van der Waals surface area contributed by atoms with Gasteiger partial charge in [0, 0.05) is 11.9 Å². The maximum Gasteiger partial charge on any atom is 0.341 e. The van der Waals surface area contributed by atoms with Gasteiger partial charge in [0.25, 0.3) is 0 Å². The monoisotopic (exact) mass is 247 g/mol. The van der Waals surface area contributed by atoms with E-state index in [4.69, 9.17) is 5.11 Å². The van der Waals surface area contributed by atoms with Gasteiger partial charge >= 0.3 is 5.97 Å². The molecule has 0 aliphatic carbocycles. The van der Waals surface area contributed by atoms with E-state index >= 15 is 0 Å². The van der Waals surface area contributed by atoms with Crippen LogP contribution in [0.15, 0.2) is 30.7 Å². The number of hydrogen-bond donors (Lipinski definition) is 2. The number of hydrogen-bond acceptors (Lipinski definition) is 4. The molecule has 0 fully saturated rings. The fourth-order valence-corrected chi connectivity index (χ4v) is 1.44. The Morgan fingerprint density at radius 1 is 1.44 bits per heavy atom. The molecule has 0 radical (unpaired) electrons. The summed E-state index contributed by atoms with van der Waals surface area (Å²) in [6.07, 6.45) is 2.41. The summed E-state index contributed by atoms with van der Waals surface area (Å²) < 4.78 is 13.1. The van der Waals surface area contributed by atoms with Gasteiger partial charge in [0.1, 0.15) is 23.5 Å². The van der Waals surface area contributed by atoms with Crippen molar-refractivity contribution in [1.82, 2.24) is 9.97 Å². The van der Waals surface area contributed by atoms with Crippen LogP contribution in [0.5, 0.6) is 0 Å². The number of carboxylic acid groups (broad SMARTS) is 1. The number of nitrogens with one attached hydrogen (secondary N) is 1. The third kappa shape index (κ3) is 2.42. The molecule has 1 aromatic carbocycles. The zero-order valence-electron chi connectivity index (χ0n) is 9.51. The number of aromatic carboxylic acids is 1. The van der Waals surface area contributed by atoms with Gasteiger partial charge in [0.2, 0.25) is 0 Å². The SMILES string of the molecule is Cc1ccc(F)cc1Nc1ncncc1C(=O)O. The lowest BCUT2D eigenvalue weighted by Crippen LogP contribution is -2.06. The van der Waals surface area contributed by atoms with Gasteiger partial charge in [-0.3, -0.25) is 0 Å². The minimum absolute atomic E-state index is 0.0684. The molecule has 6 heteroatoms. The number of benzene rings is 1. The maximum absolute atomic E-state index is 13.1. The van der Waals surface area contributed by atoms with E-state index in [2.05, 4.69) is 15.3 Å². The molecule has 2 rings (SSSR count). The van der Waals surface area contributed by atoms with Gasteiger partial charge in [-0.2, -0.15) is 0 Å². The van der Waals surface area contributed by atoms with E-state index in [0.29, 0.717) is 5.69 Å². The van der Waals surface area contributed by atoms with Gasteiger partial charge < -0.3 is 10.4 Å². The lowest BCUT2D eigenvalue weighted by Gasteiger charge is -2.10. The lowest BCUT2D eigenvalue weighted by atomic mass is 10.2. The molecule has 0 bridgehead atoms. The molecule has 1 aromatic heterocycles. The smallest absolute Gasteiger partial charge is 0.341 e. The van der Waals surface area contributed by atoms with Crippen molar-refractivity contribution in [1.29, 1.82) is 0 Å². The van der Waals surface area contributed by atoms with Crippen LogP contribution in [0.4, 0.5) is 15.9 Å². The first-order chi connectivity index (χ1) is 8.58. The largest absolute Gasteiger partial charge is 0.477 e. The van der Waals surface area contributed by atoms with Gasteiger partial charge in [-0.15, -0.1) is 0 Å². The second-order valence-corrected chi connectivity index (χ2v) is 3.67. The maximum atomic E-state index is 13.1. The summed E-state index contributed by atoms with van der Waals surface area (Å²) in [4.78, 5) is 18.5. The van der Waals surface area contributed by atoms with E-state index in [1.807, 2.05) is 0 Å². The molecule has 0 unspecified atom stereocenters. The van der Waals surface area contributed by atoms with E-state index in [9.17, 15) is 9.18 Å². The summed E-state index contributed by atoms with van der Waals surface area (Å²) >= 11 is 0. The Balaban J connectivity index is 2.40. The first-order valence-corrected chi connectivity index (χ1v) is 5.14. The Morgan fingerprint density at radius 3 is 2.94 bits per heavy atom. The van der Waals surface area contributed by atoms with Gasteiger partial charge in [-0.1, -0.05) is 6.07 Å². The van der Waals surface area contributed by atoms with E-state index in [1.165, 1.54) is 24.7 Å². The van der Waals surface area contributed by atoms with Crippen LogP contribution < -0.4 is 5.32 Å². The van der Waals surface area contributed by atoms with Crippen LogP contribution in [0.25, 0.3) is 0 Å². The van der Waals surface area contributed by atoms with E-state index < -0.39 is 11.8 Å². The van der Waals surface area contributed by atoms with E-state index in [0.717, 1.165) is 5.56 Å². The molecule has 5 nitrogen and oxygen atoms in total. The predicted octanol–water partition coefficient (Wildman–Crippen LogP) is 2.37. The van der Waals surface area contributed by atoms with Crippen LogP contribution in [-0.4, -0.2) is 21.0 Å². The van der Waals surface area contributed by atoms with Crippen molar-refractivity contribution in [2.75, 3.05) is 5.32 Å². The topological polar surface area (TPSA) is 75.1 Å². The van der Waals surface area contributed by atoms with Crippen LogP contribution in [-0.2, 0) is 0 Å². The van der Waals surface area contributed by atoms with Crippen LogP contribution in [0.3, 0.4) is 0 Å². The second-order valence-electron chi connectivity index (χ2n) is 3.67. The zero-order valence-corrected chi connectivity index (χ0v) is 9.51. The number of aryl methyl sites for hydroxylation is 1. The van der Waals surface area contributed by atoms with Crippen LogP contribution in [0.1, 0.15) is 15.9 Å². The number of carbonyl (C=O) groups is 1. The van der Waals surface area contributed by atoms with E-state index in [-0.39, 0.29) is 11.4 Å². The lowest BCUT2D eigenvalue weighted by molar-refractivity contribution is 0.0697.